The van der Waals surface area contributed by atoms with Gasteiger partial charge in [-0.05, 0) is 12.1 Å². The van der Waals surface area contributed by atoms with Crippen LogP contribution in [-0.2, 0) is 5.75 Å². The van der Waals surface area contributed by atoms with Gasteiger partial charge in [0.25, 0.3) is 0 Å². The highest BCUT2D eigenvalue weighted by Gasteiger charge is 2.10. The second-order valence-electron chi connectivity index (χ2n) is 2.92. The van der Waals surface area contributed by atoms with Gasteiger partial charge in [-0.2, -0.15) is 4.98 Å². The van der Waals surface area contributed by atoms with E-state index in [4.69, 9.17) is 9.63 Å². The number of hydrogen-bond acceptors (Lipinski definition) is 5. The Hall–Kier alpha value is -1.82. The van der Waals surface area contributed by atoms with Gasteiger partial charge in [0.2, 0.25) is 5.89 Å². The first kappa shape index (κ1) is 10.7. The normalized spacial score (nSPS) is 10.2. The van der Waals surface area contributed by atoms with E-state index < -0.39 is 5.97 Å². The third kappa shape index (κ3) is 2.40. The molecule has 1 heterocycles. The van der Waals surface area contributed by atoms with Crippen molar-refractivity contribution in [2.24, 2.45) is 0 Å². The number of carbonyl (C=O) groups is 1. The minimum atomic E-state index is -0.936. The number of nitrogens with zero attached hydrogens (tertiary/aromatic N) is 2. The minimum absolute atomic E-state index is 0.284. The Morgan fingerprint density at radius 1 is 1.44 bits per heavy atom. The van der Waals surface area contributed by atoms with E-state index in [1.54, 1.807) is 24.3 Å². The van der Waals surface area contributed by atoms with Crippen LogP contribution in [0.4, 0.5) is 0 Å². The third-order valence-electron chi connectivity index (χ3n) is 1.88. The van der Waals surface area contributed by atoms with Gasteiger partial charge in [-0.1, -0.05) is 17.3 Å². The van der Waals surface area contributed by atoms with Gasteiger partial charge in [-0.25, -0.2) is 4.79 Å². The highest BCUT2D eigenvalue weighted by Crippen LogP contribution is 2.25. The second kappa shape index (κ2) is 4.80. The van der Waals surface area contributed by atoms with Crippen molar-refractivity contribution in [2.75, 3.05) is 0 Å². The molecule has 82 valence electrons. The van der Waals surface area contributed by atoms with Gasteiger partial charge in [0.15, 0.2) is 6.33 Å². The Balaban J connectivity index is 2.12. The first-order valence-corrected chi connectivity index (χ1v) is 5.46. The molecule has 0 unspecified atom stereocenters. The number of hydrogen-bond donors (Lipinski definition) is 1. The minimum Gasteiger partial charge on any atom is -0.478 e. The number of aromatic carboxylic acids is 1. The van der Waals surface area contributed by atoms with Gasteiger partial charge < -0.3 is 9.63 Å². The molecule has 6 heteroatoms. The summed E-state index contributed by atoms with van der Waals surface area (Å²) < 4.78 is 4.83. The average molecular weight is 236 g/mol. The molecule has 5 nitrogen and oxygen atoms in total. The summed E-state index contributed by atoms with van der Waals surface area (Å²) in [5.41, 5.74) is 0.284. The number of rotatable bonds is 4. The first-order valence-electron chi connectivity index (χ1n) is 4.48. The highest BCUT2D eigenvalue weighted by molar-refractivity contribution is 7.98. The molecule has 0 amide bonds. The van der Waals surface area contributed by atoms with Crippen LogP contribution < -0.4 is 0 Å². The topological polar surface area (TPSA) is 76.2 Å². The van der Waals surface area contributed by atoms with Crippen molar-refractivity contribution in [1.82, 2.24) is 10.1 Å². The lowest BCUT2D eigenvalue weighted by Crippen LogP contribution is -1.98. The van der Waals surface area contributed by atoms with Crippen molar-refractivity contribution in [1.29, 1.82) is 0 Å². The molecule has 0 saturated heterocycles. The van der Waals surface area contributed by atoms with Crippen LogP contribution in [0.25, 0.3) is 0 Å². The Kier molecular flexibility index (Phi) is 3.21. The molecule has 2 rings (SSSR count). The molecule has 0 atom stereocenters. The van der Waals surface area contributed by atoms with E-state index in [1.165, 1.54) is 18.1 Å². The van der Waals surface area contributed by atoms with E-state index in [0.29, 0.717) is 16.5 Å². The number of benzene rings is 1. The van der Waals surface area contributed by atoms with E-state index in [2.05, 4.69) is 10.1 Å². The molecule has 1 N–H and O–H groups in total. The molecule has 0 aliphatic heterocycles. The summed E-state index contributed by atoms with van der Waals surface area (Å²) in [4.78, 5) is 15.5. The zero-order valence-electron chi connectivity index (χ0n) is 8.16. The largest absolute Gasteiger partial charge is 0.478 e. The summed E-state index contributed by atoms with van der Waals surface area (Å²) in [6, 6.07) is 6.81. The average Bonchev–Trinajstić information content (AvgIpc) is 2.79. The van der Waals surface area contributed by atoms with Gasteiger partial charge in [0, 0.05) is 4.90 Å². The quantitative estimate of drug-likeness (QED) is 0.819. The fourth-order valence-electron chi connectivity index (χ4n) is 1.17. The molecule has 0 aliphatic rings. The molecule has 0 spiro atoms. The molecule has 0 radical (unpaired) electrons. The van der Waals surface area contributed by atoms with Crippen molar-refractivity contribution in [3.63, 3.8) is 0 Å². The molecule has 0 fully saturated rings. The summed E-state index contributed by atoms with van der Waals surface area (Å²) in [5.74, 6) is 0.00317. The fraction of sp³-hybridized carbons (Fsp3) is 0.100. The number of thioether (sulfide) groups is 1. The van der Waals surface area contributed by atoms with Crippen molar-refractivity contribution in [3.05, 3.63) is 42.0 Å². The molecule has 0 bridgehead atoms. The van der Waals surface area contributed by atoms with E-state index in [0.717, 1.165) is 0 Å². The van der Waals surface area contributed by atoms with Crippen LogP contribution in [-0.4, -0.2) is 21.2 Å². The maximum absolute atomic E-state index is 10.9. The van der Waals surface area contributed by atoms with Gasteiger partial charge in [-0.3, -0.25) is 0 Å². The smallest absolute Gasteiger partial charge is 0.336 e. The molecule has 0 aliphatic carbocycles. The zero-order valence-corrected chi connectivity index (χ0v) is 8.98. The maximum atomic E-state index is 10.9. The molecular weight excluding hydrogens is 228 g/mol. The van der Waals surface area contributed by atoms with Gasteiger partial charge in [0.1, 0.15) is 0 Å². The van der Waals surface area contributed by atoms with E-state index >= 15 is 0 Å². The molecular formula is C10H8N2O3S. The Labute approximate surface area is 95.5 Å². The summed E-state index contributed by atoms with van der Waals surface area (Å²) in [6.45, 7) is 0. The zero-order chi connectivity index (χ0) is 11.4. The van der Waals surface area contributed by atoms with Gasteiger partial charge in [0.05, 0.1) is 11.3 Å². The van der Waals surface area contributed by atoms with Crippen LogP contribution in [0.2, 0.25) is 0 Å². The number of carboxylic acids is 1. The van der Waals surface area contributed by atoms with Crippen molar-refractivity contribution < 1.29 is 14.4 Å². The predicted molar refractivity (Wildman–Crippen MR) is 57.3 cm³/mol. The van der Waals surface area contributed by atoms with Gasteiger partial charge >= 0.3 is 5.97 Å². The molecule has 1 aromatic heterocycles. The van der Waals surface area contributed by atoms with E-state index in [9.17, 15) is 4.79 Å². The molecule has 1 aromatic carbocycles. The lowest BCUT2D eigenvalue weighted by Gasteiger charge is -2.02. The Morgan fingerprint density at radius 2 is 2.25 bits per heavy atom. The van der Waals surface area contributed by atoms with Crippen molar-refractivity contribution in [3.8, 4) is 0 Å². The van der Waals surface area contributed by atoms with E-state index in [1.807, 2.05) is 0 Å². The Bertz CT molecular complexity index is 485. The molecule has 2 aromatic rings. The summed E-state index contributed by atoms with van der Waals surface area (Å²) in [6.07, 6.45) is 1.32. The number of aromatic nitrogens is 2. The van der Waals surface area contributed by atoms with Crippen LogP contribution in [0.15, 0.2) is 40.0 Å². The molecule has 16 heavy (non-hydrogen) atoms. The predicted octanol–water partition coefficient (Wildman–Crippen LogP) is 2.06. The fourth-order valence-corrected chi connectivity index (χ4v) is 2.06. The summed E-state index contributed by atoms with van der Waals surface area (Å²) in [5, 5.41) is 12.4. The van der Waals surface area contributed by atoms with Crippen LogP contribution in [0, 0.1) is 0 Å². The van der Waals surface area contributed by atoms with Gasteiger partial charge in [-0.15, -0.1) is 11.8 Å². The molecule has 0 saturated carbocycles. The van der Waals surface area contributed by atoms with Crippen LogP contribution in [0.1, 0.15) is 16.2 Å². The second-order valence-corrected chi connectivity index (χ2v) is 3.94. The Morgan fingerprint density at radius 3 is 2.94 bits per heavy atom. The SMILES string of the molecule is O=C(O)c1ccccc1SCc1ncno1. The van der Waals surface area contributed by atoms with Crippen LogP contribution in [0.5, 0.6) is 0 Å². The monoisotopic (exact) mass is 236 g/mol. The summed E-state index contributed by atoms with van der Waals surface area (Å²) >= 11 is 1.36. The maximum Gasteiger partial charge on any atom is 0.336 e. The third-order valence-corrected chi connectivity index (χ3v) is 2.93. The van der Waals surface area contributed by atoms with Crippen molar-refractivity contribution in [2.45, 2.75) is 10.6 Å². The standard InChI is InChI=1S/C10H8N2O3S/c13-10(14)7-3-1-2-4-8(7)16-5-9-11-6-12-15-9/h1-4,6H,5H2,(H,13,14). The van der Waals surface area contributed by atoms with Crippen molar-refractivity contribution >= 4 is 17.7 Å². The number of carboxylic acid groups (broad SMARTS) is 1. The van der Waals surface area contributed by atoms with Crippen LogP contribution in [0.3, 0.4) is 0 Å². The lowest BCUT2D eigenvalue weighted by atomic mass is 10.2. The lowest BCUT2D eigenvalue weighted by molar-refractivity contribution is 0.0693. The highest BCUT2D eigenvalue weighted by atomic mass is 32.2. The van der Waals surface area contributed by atoms with E-state index in [-0.39, 0.29) is 5.56 Å². The van der Waals surface area contributed by atoms with Crippen LogP contribution >= 0.6 is 11.8 Å². The first-order chi connectivity index (χ1) is 7.77. The summed E-state index contributed by atoms with van der Waals surface area (Å²) in [7, 11) is 0.